The summed E-state index contributed by atoms with van der Waals surface area (Å²) < 4.78 is 12.9. The van der Waals surface area contributed by atoms with Crippen molar-refractivity contribution in [3.8, 4) is 11.4 Å². The molecule has 1 aliphatic heterocycles. The minimum Gasteiger partial charge on any atom is -0.497 e. The normalized spacial score (nSPS) is 21.1. The summed E-state index contributed by atoms with van der Waals surface area (Å²) in [7, 11) is 1.71. The topological polar surface area (TPSA) is 39.5 Å². The largest absolute Gasteiger partial charge is 0.497 e. The van der Waals surface area contributed by atoms with Crippen LogP contribution in [0, 0.1) is 0 Å². The lowest BCUT2D eigenvalue weighted by atomic mass is 9.84. The molecular weight excluding hydrogens is 314 g/mol. The molecule has 1 aromatic carbocycles. The smallest absolute Gasteiger partial charge is 0.121 e. The number of aromatic nitrogens is 2. The summed E-state index contributed by atoms with van der Waals surface area (Å²) in [5.41, 5.74) is 3.92. The van der Waals surface area contributed by atoms with Crippen molar-refractivity contribution >= 4 is 0 Å². The van der Waals surface area contributed by atoms with Gasteiger partial charge in [0.1, 0.15) is 5.75 Å². The molecule has 5 nitrogen and oxygen atoms in total. The Kier molecular flexibility index (Phi) is 5.04. The number of fused-ring (bicyclic) bond motifs is 1. The van der Waals surface area contributed by atoms with Crippen LogP contribution >= 0.6 is 0 Å². The van der Waals surface area contributed by atoms with Crippen LogP contribution in [-0.2, 0) is 11.2 Å². The second kappa shape index (κ2) is 7.58. The van der Waals surface area contributed by atoms with Crippen molar-refractivity contribution in [2.75, 3.05) is 40.0 Å². The summed E-state index contributed by atoms with van der Waals surface area (Å²) in [6.45, 7) is 5.07. The fourth-order valence-electron chi connectivity index (χ4n) is 4.08. The molecule has 2 aliphatic rings. The lowest BCUT2D eigenvalue weighted by molar-refractivity contribution is 0.0363. The Morgan fingerprint density at radius 2 is 2.16 bits per heavy atom. The van der Waals surface area contributed by atoms with Crippen LogP contribution < -0.4 is 4.74 Å². The van der Waals surface area contributed by atoms with Crippen LogP contribution in [0.2, 0.25) is 0 Å². The van der Waals surface area contributed by atoms with Gasteiger partial charge in [0.05, 0.1) is 32.2 Å². The summed E-state index contributed by atoms with van der Waals surface area (Å²) in [6, 6.07) is 8.17. The SMILES string of the molecule is COc1cccc(-n2ncc3c2CCCC3CCN2CCOCC2)c1. The van der Waals surface area contributed by atoms with Gasteiger partial charge in [-0.15, -0.1) is 0 Å². The molecule has 4 rings (SSSR count). The van der Waals surface area contributed by atoms with Gasteiger partial charge in [0.25, 0.3) is 0 Å². The van der Waals surface area contributed by atoms with E-state index in [1.165, 1.54) is 30.5 Å². The third kappa shape index (κ3) is 3.58. The highest BCUT2D eigenvalue weighted by atomic mass is 16.5. The van der Waals surface area contributed by atoms with Gasteiger partial charge in [0.15, 0.2) is 0 Å². The highest BCUT2D eigenvalue weighted by molar-refractivity contribution is 5.42. The van der Waals surface area contributed by atoms with E-state index in [-0.39, 0.29) is 0 Å². The maximum absolute atomic E-state index is 5.45. The van der Waals surface area contributed by atoms with Crippen LogP contribution in [0.5, 0.6) is 5.75 Å². The molecule has 0 bridgehead atoms. The number of benzene rings is 1. The van der Waals surface area contributed by atoms with E-state index < -0.39 is 0 Å². The van der Waals surface area contributed by atoms with Crippen molar-refractivity contribution in [2.45, 2.75) is 31.6 Å². The first-order valence-corrected chi connectivity index (χ1v) is 9.36. The van der Waals surface area contributed by atoms with Gasteiger partial charge >= 0.3 is 0 Å². The van der Waals surface area contributed by atoms with Crippen molar-refractivity contribution in [3.63, 3.8) is 0 Å². The van der Waals surface area contributed by atoms with Gasteiger partial charge in [-0.3, -0.25) is 4.90 Å². The molecule has 0 saturated carbocycles. The van der Waals surface area contributed by atoms with Crippen molar-refractivity contribution < 1.29 is 9.47 Å². The monoisotopic (exact) mass is 341 g/mol. The first-order valence-electron chi connectivity index (χ1n) is 9.36. The fourth-order valence-corrected chi connectivity index (χ4v) is 4.08. The van der Waals surface area contributed by atoms with Gasteiger partial charge in [-0.05, 0) is 55.8 Å². The zero-order valence-corrected chi connectivity index (χ0v) is 15.0. The van der Waals surface area contributed by atoms with Crippen LogP contribution in [0.15, 0.2) is 30.5 Å². The third-order valence-corrected chi connectivity index (χ3v) is 5.50. The average molecular weight is 341 g/mol. The maximum Gasteiger partial charge on any atom is 0.121 e. The minimum atomic E-state index is 0.631. The maximum atomic E-state index is 5.45. The predicted octanol–water partition coefficient (Wildman–Crippen LogP) is 3.02. The Balaban J connectivity index is 1.51. The molecule has 0 radical (unpaired) electrons. The number of hydrogen-bond acceptors (Lipinski definition) is 4. The average Bonchev–Trinajstić information content (AvgIpc) is 3.12. The minimum absolute atomic E-state index is 0.631. The van der Waals surface area contributed by atoms with Crippen LogP contribution in [0.25, 0.3) is 5.69 Å². The standard InChI is InChI=1S/C20H27N3O2/c1-24-18-6-3-5-17(14-18)23-20-7-2-4-16(19(20)15-21-23)8-9-22-10-12-25-13-11-22/h3,5-6,14-16H,2,4,7-13H2,1H3. The Hall–Kier alpha value is -1.85. The molecule has 1 saturated heterocycles. The lowest BCUT2D eigenvalue weighted by Crippen LogP contribution is -2.37. The number of ether oxygens (including phenoxy) is 2. The van der Waals surface area contributed by atoms with Crippen LogP contribution in [-0.4, -0.2) is 54.6 Å². The fraction of sp³-hybridized carbons (Fsp3) is 0.550. The van der Waals surface area contributed by atoms with Gasteiger partial charge in [-0.25, -0.2) is 4.68 Å². The molecule has 1 aromatic heterocycles. The molecule has 1 aliphatic carbocycles. The predicted molar refractivity (Wildman–Crippen MR) is 97.7 cm³/mol. The van der Waals surface area contributed by atoms with E-state index in [4.69, 9.17) is 14.6 Å². The summed E-state index contributed by atoms with van der Waals surface area (Å²) >= 11 is 0. The van der Waals surface area contributed by atoms with E-state index in [1.54, 1.807) is 7.11 Å². The zero-order chi connectivity index (χ0) is 17.1. The Bertz CT molecular complexity index is 707. The van der Waals surface area contributed by atoms with Crippen LogP contribution in [0.1, 0.15) is 36.4 Å². The molecule has 5 heteroatoms. The summed E-state index contributed by atoms with van der Waals surface area (Å²) in [6.07, 6.45) is 6.95. The summed E-state index contributed by atoms with van der Waals surface area (Å²) in [4.78, 5) is 2.53. The second-order valence-corrected chi connectivity index (χ2v) is 6.99. The number of nitrogens with zero attached hydrogens (tertiary/aromatic N) is 3. The Morgan fingerprint density at radius 3 is 3.00 bits per heavy atom. The number of methoxy groups -OCH3 is 1. The van der Waals surface area contributed by atoms with Crippen LogP contribution in [0.3, 0.4) is 0 Å². The van der Waals surface area contributed by atoms with E-state index in [2.05, 4.69) is 27.9 Å². The van der Waals surface area contributed by atoms with Gasteiger partial charge in [0.2, 0.25) is 0 Å². The molecule has 0 amide bonds. The van der Waals surface area contributed by atoms with Crippen LogP contribution in [0.4, 0.5) is 0 Å². The van der Waals surface area contributed by atoms with E-state index >= 15 is 0 Å². The quantitative estimate of drug-likeness (QED) is 0.838. The van der Waals surface area contributed by atoms with E-state index in [9.17, 15) is 0 Å². The second-order valence-electron chi connectivity index (χ2n) is 6.99. The summed E-state index contributed by atoms with van der Waals surface area (Å²) in [5.74, 6) is 1.51. The van der Waals surface area contributed by atoms with Crippen molar-refractivity contribution in [2.24, 2.45) is 0 Å². The van der Waals surface area contributed by atoms with Crippen molar-refractivity contribution in [1.29, 1.82) is 0 Å². The molecule has 1 unspecified atom stereocenters. The molecule has 1 atom stereocenters. The van der Waals surface area contributed by atoms with Gasteiger partial charge in [-0.2, -0.15) is 5.10 Å². The molecule has 0 N–H and O–H groups in total. The number of rotatable bonds is 5. The van der Waals surface area contributed by atoms with E-state index in [0.717, 1.165) is 50.7 Å². The molecule has 1 fully saturated rings. The molecular formula is C20H27N3O2. The Morgan fingerprint density at radius 1 is 1.28 bits per heavy atom. The van der Waals surface area contributed by atoms with E-state index in [1.807, 2.05) is 12.1 Å². The molecule has 2 heterocycles. The van der Waals surface area contributed by atoms with E-state index in [0.29, 0.717) is 5.92 Å². The van der Waals surface area contributed by atoms with Gasteiger partial charge < -0.3 is 9.47 Å². The Labute approximate surface area is 149 Å². The molecule has 0 spiro atoms. The van der Waals surface area contributed by atoms with Gasteiger partial charge in [-0.1, -0.05) is 6.07 Å². The first-order chi connectivity index (χ1) is 12.3. The molecule has 134 valence electrons. The highest BCUT2D eigenvalue weighted by Gasteiger charge is 2.25. The summed E-state index contributed by atoms with van der Waals surface area (Å²) in [5, 5.41) is 4.72. The van der Waals surface area contributed by atoms with Crippen molar-refractivity contribution in [3.05, 3.63) is 41.7 Å². The number of hydrogen-bond donors (Lipinski definition) is 0. The van der Waals surface area contributed by atoms with Crippen molar-refractivity contribution in [1.82, 2.24) is 14.7 Å². The first kappa shape index (κ1) is 16.6. The third-order valence-electron chi connectivity index (χ3n) is 5.50. The molecule has 2 aromatic rings. The lowest BCUT2D eigenvalue weighted by Gasteiger charge is -2.29. The van der Waals surface area contributed by atoms with Gasteiger partial charge in [0, 0.05) is 24.8 Å². The molecule has 25 heavy (non-hydrogen) atoms. The number of morpholine rings is 1. The highest BCUT2D eigenvalue weighted by Crippen LogP contribution is 2.35. The zero-order valence-electron chi connectivity index (χ0n) is 15.0.